The van der Waals surface area contributed by atoms with E-state index in [2.05, 4.69) is 27.6 Å². The van der Waals surface area contributed by atoms with E-state index in [0.29, 0.717) is 11.4 Å². The summed E-state index contributed by atoms with van der Waals surface area (Å²) in [7, 11) is -2.19. The SMILES string of the molecule is COc1ccccc1-c1cn(S(=O)(=O)c2ccc(C)cc2)c2ncc(I)cc12. The van der Waals surface area contributed by atoms with Gasteiger partial charge < -0.3 is 4.74 Å². The maximum absolute atomic E-state index is 13.3. The number of aromatic nitrogens is 2. The molecule has 0 saturated carbocycles. The van der Waals surface area contributed by atoms with Crippen LogP contribution in [0.5, 0.6) is 5.75 Å². The molecule has 0 N–H and O–H groups in total. The Morgan fingerprint density at radius 2 is 1.75 bits per heavy atom. The van der Waals surface area contributed by atoms with Crippen LogP contribution >= 0.6 is 22.6 Å². The monoisotopic (exact) mass is 504 g/mol. The highest BCUT2D eigenvalue weighted by molar-refractivity contribution is 14.1. The highest BCUT2D eigenvalue weighted by Crippen LogP contribution is 2.37. The van der Waals surface area contributed by atoms with Crippen LogP contribution in [0.2, 0.25) is 0 Å². The van der Waals surface area contributed by atoms with Crippen LogP contribution in [-0.2, 0) is 10.0 Å². The van der Waals surface area contributed by atoms with E-state index >= 15 is 0 Å². The normalized spacial score (nSPS) is 11.7. The van der Waals surface area contributed by atoms with Gasteiger partial charge in [-0.05, 0) is 53.8 Å². The summed E-state index contributed by atoms with van der Waals surface area (Å²) < 4.78 is 34.3. The molecular formula is C21H17IN2O3S. The molecular weight excluding hydrogens is 487 g/mol. The Morgan fingerprint density at radius 3 is 2.46 bits per heavy atom. The van der Waals surface area contributed by atoms with Gasteiger partial charge in [0.15, 0.2) is 5.65 Å². The molecule has 0 aliphatic heterocycles. The lowest BCUT2D eigenvalue weighted by Crippen LogP contribution is -2.12. The van der Waals surface area contributed by atoms with Crippen LogP contribution in [0.1, 0.15) is 5.56 Å². The number of ether oxygens (including phenoxy) is 1. The molecule has 0 spiro atoms. The van der Waals surface area contributed by atoms with Gasteiger partial charge in [0.2, 0.25) is 0 Å². The molecule has 0 fully saturated rings. The number of aryl methyl sites for hydroxylation is 1. The van der Waals surface area contributed by atoms with Gasteiger partial charge in [-0.1, -0.05) is 35.9 Å². The van der Waals surface area contributed by atoms with Crippen LogP contribution in [0.4, 0.5) is 0 Å². The zero-order valence-electron chi connectivity index (χ0n) is 15.3. The van der Waals surface area contributed by atoms with E-state index in [1.54, 1.807) is 43.8 Å². The molecule has 0 radical (unpaired) electrons. The number of hydrogen-bond donors (Lipinski definition) is 0. The van der Waals surface area contributed by atoms with Crippen molar-refractivity contribution < 1.29 is 13.2 Å². The molecule has 0 bridgehead atoms. The lowest BCUT2D eigenvalue weighted by molar-refractivity contribution is 0.416. The lowest BCUT2D eigenvalue weighted by Gasteiger charge is -2.07. The first-order chi connectivity index (χ1) is 13.4. The molecule has 28 heavy (non-hydrogen) atoms. The minimum atomic E-state index is -3.79. The molecule has 0 aliphatic rings. The summed E-state index contributed by atoms with van der Waals surface area (Å²) in [4.78, 5) is 4.65. The van der Waals surface area contributed by atoms with Crippen molar-refractivity contribution in [2.24, 2.45) is 0 Å². The number of benzene rings is 2. The fourth-order valence-corrected chi connectivity index (χ4v) is 4.92. The summed E-state index contributed by atoms with van der Waals surface area (Å²) in [5.74, 6) is 0.674. The van der Waals surface area contributed by atoms with E-state index in [1.165, 1.54) is 3.97 Å². The molecule has 2 aromatic heterocycles. The summed E-state index contributed by atoms with van der Waals surface area (Å²) in [6.07, 6.45) is 3.29. The van der Waals surface area contributed by atoms with E-state index in [-0.39, 0.29) is 4.90 Å². The first-order valence-corrected chi connectivity index (χ1v) is 11.1. The third kappa shape index (κ3) is 3.18. The molecule has 0 aliphatic carbocycles. The molecule has 0 saturated heterocycles. The fourth-order valence-electron chi connectivity index (χ4n) is 3.14. The Balaban J connectivity index is 2.02. The predicted molar refractivity (Wildman–Crippen MR) is 118 cm³/mol. The van der Waals surface area contributed by atoms with Gasteiger partial charge in [0.25, 0.3) is 10.0 Å². The maximum Gasteiger partial charge on any atom is 0.269 e. The second-order valence-corrected chi connectivity index (χ2v) is 9.44. The van der Waals surface area contributed by atoms with E-state index < -0.39 is 10.0 Å². The molecule has 2 aromatic carbocycles. The average Bonchev–Trinajstić information content (AvgIpc) is 3.07. The first kappa shape index (κ1) is 18.9. The lowest BCUT2D eigenvalue weighted by atomic mass is 10.1. The predicted octanol–water partition coefficient (Wildman–Crippen LogP) is 4.86. The van der Waals surface area contributed by atoms with Crippen LogP contribution in [-0.4, -0.2) is 24.5 Å². The molecule has 5 nitrogen and oxygen atoms in total. The van der Waals surface area contributed by atoms with E-state index in [9.17, 15) is 8.42 Å². The highest BCUT2D eigenvalue weighted by atomic mass is 127. The third-order valence-corrected chi connectivity index (χ3v) is 6.81. The molecule has 7 heteroatoms. The highest BCUT2D eigenvalue weighted by Gasteiger charge is 2.24. The van der Waals surface area contributed by atoms with E-state index in [4.69, 9.17) is 4.74 Å². The van der Waals surface area contributed by atoms with Crippen LogP contribution in [0.15, 0.2) is 71.9 Å². The number of nitrogens with zero attached hydrogens (tertiary/aromatic N) is 2. The van der Waals surface area contributed by atoms with Crippen LogP contribution in [0.25, 0.3) is 22.2 Å². The number of methoxy groups -OCH3 is 1. The molecule has 142 valence electrons. The Labute approximate surface area is 177 Å². The van der Waals surface area contributed by atoms with Gasteiger partial charge in [-0.2, -0.15) is 0 Å². The Morgan fingerprint density at radius 1 is 1.04 bits per heavy atom. The van der Waals surface area contributed by atoms with Gasteiger partial charge in [-0.3, -0.25) is 0 Å². The van der Waals surface area contributed by atoms with Gasteiger partial charge in [0.05, 0.1) is 12.0 Å². The Bertz CT molecular complexity index is 1280. The number of halogens is 1. The average molecular weight is 504 g/mol. The smallest absolute Gasteiger partial charge is 0.269 e. The van der Waals surface area contributed by atoms with Crippen molar-refractivity contribution in [2.75, 3.05) is 7.11 Å². The van der Waals surface area contributed by atoms with Crippen molar-refractivity contribution in [3.8, 4) is 16.9 Å². The quantitative estimate of drug-likeness (QED) is 0.373. The van der Waals surface area contributed by atoms with Crippen molar-refractivity contribution in [2.45, 2.75) is 11.8 Å². The molecule has 0 unspecified atom stereocenters. The maximum atomic E-state index is 13.3. The minimum Gasteiger partial charge on any atom is -0.496 e. The van der Waals surface area contributed by atoms with E-state index in [1.807, 2.05) is 37.3 Å². The third-order valence-electron chi connectivity index (χ3n) is 4.55. The topological polar surface area (TPSA) is 61.2 Å². The van der Waals surface area contributed by atoms with Crippen molar-refractivity contribution in [3.05, 3.63) is 76.1 Å². The standard InChI is InChI=1S/C21H17IN2O3S/c1-14-7-9-16(10-8-14)28(25,26)24-13-19(17-5-3-4-6-20(17)27-2)18-11-15(22)12-23-21(18)24/h3-13H,1-2H3. The zero-order chi connectivity index (χ0) is 19.9. The second-order valence-electron chi connectivity index (χ2n) is 6.38. The van der Waals surface area contributed by atoms with Gasteiger partial charge >= 0.3 is 0 Å². The van der Waals surface area contributed by atoms with Crippen LogP contribution in [0.3, 0.4) is 0 Å². The van der Waals surface area contributed by atoms with Gasteiger partial charge in [-0.15, -0.1) is 0 Å². The number of rotatable bonds is 4. The number of pyridine rings is 1. The molecule has 0 amide bonds. The summed E-state index contributed by atoms with van der Waals surface area (Å²) >= 11 is 2.17. The van der Waals surface area contributed by atoms with Gasteiger partial charge in [-0.25, -0.2) is 17.4 Å². The second kappa shape index (κ2) is 7.21. The van der Waals surface area contributed by atoms with Gasteiger partial charge in [0, 0.05) is 32.5 Å². The summed E-state index contributed by atoms with van der Waals surface area (Å²) in [6.45, 7) is 1.92. The number of fused-ring (bicyclic) bond motifs is 1. The molecule has 2 heterocycles. The van der Waals surface area contributed by atoms with Crippen LogP contribution < -0.4 is 4.74 Å². The van der Waals surface area contributed by atoms with Crippen molar-refractivity contribution in [1.82, 2.24) is 8.96 Å². The van der Waals surface area contributed by atoms with Crippen LogP contribution in [0, 0.1) is 10.5 Å². The van der Waals surface area contributed by atoms with Crippen molar-refractivity contribution in [3.63, 3.8) is 0 Å². The minimum absolute atomic E-state index is 0.224. The van der Waals surface area contributed by atoms with E-state index in [0.717, 1.165) is 25.6 Å². The molecule has 0 atom stereocenters. The van der Waals surface area contributed by atoms with Crippen molar-refractivity contribution >= 4 is 43.6 Å². The van der Waals surface area contributed by atoms with Gasteiger partial charge in [0.1, 0.15) is 5.75 Å². The summed E-state index contributed by atoms with van der Waals surface area (Å²) in [5, 5.41) is 0.757. The fraction of sp³-hybridized carbons (Fsp3) is 0.0952. The Kier molecular flexibility index (Phi) is 4.88. The van der Waals surface area contributed by atoms with Crippen molar-refractivity contribution in [1.29, 1.82) is 0 Å². The number of hydrogen-bond acceptors (Lipinski definition) is 4. The Hall–Kier alpha value is -2.39. The summed E-state index contributed by atoms with van der Waals surface area (Å²) in [5.41, 5.74) is 2.96. The number of para-hydroxylation sites is 1. The largest absolute Gasteiger partial charge is 0.496 e. The first-order valence-electron chi connectivity index (χ1n) is 8.54. The zero-order valence-corrected chi connectivity index (χ0v) is 18.2. The molecule has 4 rings (SSSR count). The molecule has 4 aromatic rings. The summed E-state index contributed by atoms with van der Waals surface area (Å²) in [6, 6.07) is 16.3.